The summed E-state index contributed by atoms with van der Waals surface area (Å²) in [5, 5.41) is 0. The first-order valence-corrected chi connectivity index (χ1v) is 7.55. The second-order valence-corrected chi connectivity index (χ2v) is 7.31. The van der Waals surface area contributed by atoms with Crippen LogP contribution >= 0.6 is 0 Å². The van der Waals surface area contributed by atoms with Gasteiger partial charge in [0.2, 0.25) is 0 Å². The summed E-state index contributed by atoms with van der Waals surface area (Å²) < 4.78 is 11.3. The minimum absolute atomic E-state index is 0.133. The summed E-state index contributed by atoms with van der Waals surface area (Å²) in [6.07, 6.45) is 2.35. The van der Waals surface area contributed by atoms with Crippen molar-refractivity contribution in [3.05, 3.63) is 23.8 Å². The molecule has 110 valence electrons. The molecule has 1 aromatic carbocycles. The molecule has 0 atom stereocenters. The Kier molecular flexibility index (Phi) is 3.20. The van der Waals surface area contributed by atoms with E-state index in [1.54, 1.807) is 0 Å². The highest BCUT2D eigenvalue weighted by atomic mass is 16.6. The minimum atomic E-state index is 0.133. The van der Waals surface area contributed by atoms with Crippen molar-refractivity contribution < 1.29 is 9.47 Å². The number of benzene rings is 1. The zero-order valence-electron chi connectivity index (χ0n) is 12.7. The van der Waals surface area contributed by atoms with Crippen LogP contribution in [0.2, 0.25) is 0 Å². The van der Waals surface area contributed by atoms with Gasteiger partial charge in [-0.1, -0.05) is 26.8 Å². The smallest absolute Gasteiger partial charge is 0.161 e. The van der Waals surface area contributed by atoms with Crippen LogP contribution in [0.25, 0.3) is 0 Å². The number of hydrogen-bond donors (Lipinski definition) is 1. The summed E-state index contributed by atoms with van der Waals surface area (Å²) in [7, 11) is 0. The molecule has 3 heteroatoms. The standard InChI is InChI=1S/C17H25NO2/c1-16(2,3)13-9-17(10-13,11-18)12-4-5-14-15(8-12)20-7-6-19-14/h4-5,8,13H,6-7,9-11,18H2,1-3H3. The molecule has 1 aliphatic heterocycles. The van der Waals surface area contributed by atoms with Crippen molar-refractivity contribution in [1.82, 2.24) is 0 Å². The Morgan fingerprint density at radius 2 is 1.80 bits per heavy atom. The van der Waals surface area contributed by atoms with Gasteiger partial charge in [0.1, 0.15) is 13.2 Å². The fourth-order valence-corrected chi connectivity index (χ4v) is 3.39. The molecule has 0 amide bonds. The molecule has 0 bridgehead atoms. The molecule has 0 saturated heterocycles. The van der Waals surface area contributed by atoms with Crippen molar-refractivity contribution >= 4 is 0 Å². The lowest BCUT2D eigenvalue weighted by atomic mass is 9.52. The molecule has 1 saturated carbocycles. The van der Waals surface area contributed by atoms with Crippen molar-refractivity contribution in [3.63, 3.8) is 0 Å². The highest BCUT2D eigenvalue weighted by Gasteiger charge is 2.48. The Labute approximate surface area is 121 Å². The summed E-state index contributed by atoms with van der Waals surface area (Å²) in [5.41, 5.74) is 7.92. The topological polar surface area (TPSA) is 44.5 Å². The van der Waals surface area contributed by atoms with Gasteiger partial charge in [0, 0.05) is 12.0 Å². The minimum Gasteiger partial charge on any atom is -0.486 e. The second-order valence-electron chi connectivity index (χ2n) is 7.31. The average molecular weight is 275 g/mol. The molecule has 1 aliphatic carbocycles. The van der Waals surface area contributed by atoms with Crippen LogP contribution in [0.1, 0.15) is 39.2 Å². The van der Waals surface area contributed by atoms with Crippen LogP contribution in [0, 0.1) is 11.3 Å². The molecule has 0 unspecified atom stereocenters. The van der Waals surface area contributed by atoms with Gasteiger partial charge in [0.05, 0.1) is 0 Å². The molecule has 0 spiro atoms. The lowest BCUT2D eigenvalue weighted by Crippen LogP contribution is -2.50. The fraction of sp³-hybridized carbons (Fsp3) is 0.647. The van der Waals surface area contributed by atoms with E-state index in [9.17, 15) is 0 Å². The molecular formula is C17H25NO2. The molecule has 2 aliphatic rings. The van der Waals surface area contributed by atoms with Crippen LogP contribution in [0.15, 0.2) is 18.2 Å². The largest absolute Gasteiger partial charge is 0.486 e. The Morgan fingerprint density at radius 1 is 1.15 bits per heavy atom. The van der Waals surface area contributed by atoms with E-state index in [-0.39, 0.29) is 5.41 Å². The maximum atomic E-state index is 6.11. The van der Waals surface area contributed by atoms with Crippen molar-refractivity contribution in [1.29, 1.82) is 0 Å². The zero-order chi connectivity index (χ0) is 14.4. The van der Waals surface area contributed by atoms with Gasteiger partial charge in [-0.05, 0) is 41.9 Å². The number of nitrogens with two attached hydrogens (primary N) is 1. The molecule has 3 rings (SSSR count). The van der Waals surface area contributed by atoms with Gasteiger partial charge >= 0.3 is 0 Å². The maximum absolute atomic E-state index is 6.11. The van der Waals surface area contributed by atoms with Gasteiger partial charge in [0.15, 0.2) is 11.5 Å². The van der Waals surface area contributed by atoms with Crippen LogP contribution in [-0.2, 0) is 5.41 Å². The predicted molar refractivity (Wildman–Crippen MR) is 80.3 cm³/mol. The predicted octanol–water partition coefficient (Wildman–Crippen LogP) is 3.11. The van der Waals surface area contributed by atoms with Gasteiger partial charge in [-0.2, -0.15) is 0 Å². The molecule has 1 aromatic rings. The van der Waals surface area contributed by atoms with E-state index in [4.69, 9.17) is 15.2 Å². The third-order valence-corrected chi connectivity index (χ3v) is 5.04. The van der Waals surface area contributed by atoms with E-state index in [1.165, 1.54) is 18.4 Å². The SMILES string of the molecule is CC(C)(C)C1CC(CN)(c2ccc3c(c2)OCCO3)C1. The van der Waals surface area contributed by atoms with Crippen LogP contribution in [0.5, 0.6) is 11.5 Å². The molecular weight excluding hydrogens is 250 g/mol. The third-order valence-electron chi connectivity index (χ3n) is 5.04. The maximum Gasteiger partial charge on any atom is 0.161 e. The summed E-state index contributed by atoms with van der Waals surface area (Å²) in [6.45, 7) is 8.95. The fourth-order valence-electron chi connectivity index (χ4n) is 3.39. The Morgan fingerprint density at radius 3 is 2.40 bits per heavy atom. The normalized spacial score (nSPS) is 28.9. The summed E-state index contributed by atoms with van der Waals surface area (Å²) in [5.74, 6) is 2.49. The first kappa shape index (κ1) is 13.7. The van der Waals surface area contributed by atoms with Gasteiger partial charge in [-0.25, -0.2) is 0 Å². The Bertz CT molecular complexity index is 498. The van der Waals surface area contributed by atoms with E-state index in [1.807, 2.05) is 6.07 Å². The molecule has 0 aromatic heterocycles. The number of ether oxygens (including phenoxy) is 2. The Hall–Kier alpha value is -1.22. The Balaban J connectivity index is 1.84. The number of rotatable bonds is 2. The van der Waals surface area contributed by atoms with E-state index >= 15 is 0 Å². The average Bonchev–Trinajstić information content (AvgIpc) is 2.36. The van der Waals surface area contributed by atoms with Crippen LogP contribution in [0.4, 0.5) is 0 Å². The summed E-state index contributed by atoms with van der Waals surface area (Å²) in [6, 6.07) is 6.34. The molecule has 1 fully saturated rings. The van der Waals surface area contributed by atoms with E-state index in [0.717, 1.165) is 17.4 Å². The first-order chi connectivity index (χ1) is 9.44. The van der Waals surface area contributed by atoms with Crippen molar-refractivity contribution in [2.24, 2.45) is 17.1 Å². The first-order valence-electron chi connectivity index (χ1n) is 7.55. The van der Waals surface area contributed by atoms with E-state index < -0.39 is 0 Å². The van der Waals surface area contributed by atoms with Crippen LogP contribution < -0.4 is 15.2 Å². The van der Waals surface area contributed by atoms with Crippen LogP contribution in [0.3, 0.4) is 0 Å². The van der Waals surface area contributed by atoms with Gasteiger partial charge in [-0.3, -0.25) is 0 Å². The van der Waals surface area contributed by atoms with Gasteiger partial charge in [0.25, 0.3) is 0 Å². The lowest BCUT2D eigenvalue weighted by Gasteiger charge is -2.53. The third kappa shape index (κ3) is 2.18. The van der Waals surface area contributed by atoms with Gasteiger partial charge in [-0.15, -0.1) is 0 Å². The highest BCUT2D eigenvalue weighted by molar-refractivity contribution is 5.47. The molecule has 20 heavy (non-hydrogen) atoms. The van der Waals surface area contributed by atoms with Gasteiger partial charge < -0.3 is 15.2 Å². The van der Waals surface area contributed by atoms with E-state index in [0.29, 0.717) is 25.2 Å². The molecule has 1 heterocycles. The second kappa shape index (κ2) is 4.66. The van der Waals surface area contributed by atoms with Crippen molar-refractivity contribution in [3.8, 4) is 11.5 Å². The van der Waals surface area contributed by atoms with Crippen molar-refractivity contribution in [2.75, 3.05) is 19.8 Å². The monoisotopic (exact) mass is 275 g/mol. The summed E-state index contributed by atoms with van der Waals surface area (Å²) in [4.78, 5) is 0. The molecule has 3 nitrogen and oxygen atoms in total. The summed E-state index contributed by atoms with van der Waals surface area (Å²) >= 11 is 0. The molecule has 2 N–H and O–H groups in total. The van der Waals surface area contributed by atoms with Crippen LogP contribution in [-0.4, -0.2) is 19.8 Å². The quantitative estimate of drug-likeness (QED) is 0.902. The number of fused-ring (bicyclic) bond motifs is 1. The number of hydrogen-bond acceptors (Lipinski definition) is 3. The zero-order valence-corrected chi connectivity index (χ0v) is 12.7. The van der Waals surface area contributed by atoms with Crippen molar-refractivity contribution in [2.45, 2.75) is 39.0 Å². The lowest BCUT2D eigenvalue weighted by molar-refractivity contribution is 0.0500. The molecule has 0 radical (unpaired) electrons. The highest BCUT2D eigenvalue weighted by Crippen LogP contribution is 2.54. The van der Waals surface area contributed by atoms with E-state index in [2.05, 4.69) is 32.9 Å².